The van der Waals surface area contributed by atoms with Crippen LogP contribution in [-0.2, 0) is 13.0 Å². The van der Waals surface area contributed by atoms with Crippen molar-refractivity contribution in [2.45, 2.75) is 26.8 Å². The second-order valence-corrected chi connectivity index (χ2v) is 5.61. The fraction of sp³-hybridized carbons (Fsp3) is 0.400. The number of nitrogens with zero attached hydrogens (tertiary/aromatic N) is 3. The lowest BCUT2D eigenvalue weighted by Gasteiger charge is -2.10. The topological polar surface area (TPSA) is 62.2 Å². The maximum Gasteiger partial charge on any atom is 0.191 e. The van der Waals surface area contributed by atoms with Crippen LogP contribution < -0.4 is 10.6 Å². The van der Waals surface area contributed by atoms with E-state index in [9.17, 15) is 0 Å². The summed E-state index contributed by atoms with van der Waals surface area (Å²) >= 11 is 1.69. The molecule has 0 amide bonds. The van der Waals surface area contributed by atoms with Crippen LogP contribution in [0.3, 0.4) is 0 Å². The van der Waals surface area contributed by atoms with Gasteiger partial charge in [-0.3, -0.25) is 4.98 Å². The molecule has 2 aromatic heterocycles. The summed E-state index contributed by atoms with van der Waals surface area (Å²) < 4.78 is 0. The van der Waals surface area contributed by atoms with Gasteiger partial charge >= 0.3 is 0 Å². The van der Waals surface area contributed by atoms with Crippen LogP contribution in [0.25, 0.3) is 0 Å². The fourth-order valence-corrected chi connectivity index (χ4v) is 2.47. The van der Waals surface area contributed by atoms with Crippen LogP contribution in [0.2, 0.25) is 0 Å². The molecule has 0 spiro atoms. The van der Waals surface area contributed by atoms with E-state index in [1.807, 2.05) is 25.1 Å². The molecule has 2 heterocycles. The Hall–Kier alpha value is -1.22. The monoisotopic (exact) mass is 431 g/mol. The molecular weight excluding hydrogens is 409 g/mol. The maximum absolute atomic E-state index is 4.53. The molecule has 7 heteroatoms. The van der Waals surface area contributed by atoms with E-state index in [4.69, 9.17) is 0 Å². The Morgan fingerprint density at radius 2 is 2.14 bits per heavy atom. The van der Waals surface area contributed by atoms with Crippen molar-refractivity contribution in [3.63, 3.8) is 0 Å². The van der Waals surface area contributed by atoms with Crippen LogP contribution in [-0.4, -0.2) is 29.0 Å². The molecule has 5 nitrogen and oxygen atoms in total. The number of hydrogen-bond acceptors (Lipinski definition) is 4. The average molecular weight is 431 g/mol. The van der Waals surface area contributed by atoms with Gasteiger partial charge in [-0.15, -0.1) is 35.3 Å². The van der Waals surface area contributed by atoms with Gasteiger partial charge in [0, 0.05) is 31.1 Å². The van der Waals surface area contributed by atoms with Gasteiger partial charge in [-0.1, -0.05) is 6.07 Å². The van der Waals surface area contributed by atoms with Crippen molar-refractivity contribution in [2.24, 2.45) is 4.99 Å². The smallest absolute Gasteiger partial charge is 0.191 e. The number of rotatable bonds is 6. The predicted molar refractivity (Wildman–Crippen MR) is 103 cm³/mol. The van der Waals surface area contributed by atoms with Crippen LogP contribution >= 0.6 is 35.3 Å². The van der Waals surface area contributed by atoms with Gasteiger partial charge in [-0.2, -0.15) is 0 Å². The molecule has 0 aliphatic rings. The Labute approximate surface area is 152 Å². The number of nitrogens with one attached hydrogen (secondary N) is 2. The summed E-state index contributed by atoms with van der Waals surface area (Å²) in [5, 5.41) is 9.78. The molecule has 2 rings (SSSR count). The largest absolute Gasteiger partial charge is 0.357 e. The maximum atomic E-state index is 4.53. The molecular formula is C15H22IN5S. The zero-order valence-electron chi connectivity index (χ0n) is 12.9. The lowest BCUT2D eigenvalue weighted by Crippen LogP contribution is -2.38. The number of pyridine rings is 1. The molecule has 2 N–H and O–H groups in total. The third kappa shape index (κ3) is 6.69. The van der Waals surface area contributed by atoms with Crippen molar-refractivity contribution in [1.29, 1.82) is 0 Å². The van der Waals surface area contributed by atoms with Crippen LogP contribution in [0, 0.1) is 6.92 Å². The first-order chi connectivity index (χ1) is 10.3. The first kappa shape index (κ1) is 18.8. The first-order valence-corrected chi connectivity index (χ1v) is 7.99. The number of aromatic nitrogens is 2. The molecule has 120 valence electrons. The molecule has 0 aromatic carbocycles. The standard InChI is InChI=1S/C15H21N5S.HI/c1-3-16-15(19-10-13-6-4-5-8-17-13)18-9-7-14-11-21-12(2)20-14;/h4-6,8,11H,3,7,9-10H2,1-2H3,(H2,16,18,19);1H. The Morgan fingerprint density at radius 3 is 2.77 bits per heavy atom. The van der Waals surface area contributed by atoms with Gasteiger partial charge < -0.3 is 10.6 Å². The second kappa shape index (κ2) is 10.5. The van der Waals surface area contributed by atoms with E-state index >= 15 is 0 Å². The lowest BCUT2D eigenvalue weighted by molar-refractivity contribution is 0.787. The number of aryl methyl sites for hydroxylation is 1. The molecule has 0 unspecified atom stereocenters. The van der Waals surface area contributed by atoms with Crippen molar-refractivity contribution in [1.82, 2.24) is 20.6 Å². The summed E-state index contributed by atoms with van der Waals surface area (Å²) in [5.74, 6) is 0.815. The fourth-order valence-electron chi connectivity index (χ4n) is 1.83. The summed E-state index contributed by atoms with van der Waals surface area (Å²) in [5.41, 5.74) is 2.09. The van der Waals surface area contributed by atoms with E-state index < -0.39 is 0 Å². The second-order valence-electron chi connectivity index (χ2n) is 4.55. The van der Waals surface area contributed by atoms with Crippen LogP contribution in [0.5, 0.6) is 0 Å². The van der Waals surface area contributed by atoms with E-state index in [1.54, 1.807) is 17.5 Å². The van der Waals surface area contributed by atoms with E-state index in [2.05, 4.69) is 37.9 Å². The van der Waals surface area contributed by atoms with Crippen molar-refractivity contribution in [3.8, 4) is 0 Å². The molecule has 0 fully saturated rings. The third-order valence-corrected chi connectivity index (χ3v) is 3.63. The Kier molecular flexibility index (Phi) is 8.98. The van der Waals surface area contributed by atoms with Gasteiger partial charge in [0.25, 0.3) is 0 Å². The van der Waals surface area contributed by atoms with Gasteiger partial charge in [0.2, 0.25) is 0 Å². The normalized spacial score (nSPS) is 10.9. The number of guanidine groups is 1. The predicted octanol–water partition coefficient (Wildman–Crippen LogP) is 2.76. The number of aliphatic imine (C=N–C) groups is 1. The molecule has 0 aliphatic heterocycles. The number of thiazole rings is 1. The van der Waals surface area contributed by atoms with E-state index in [1.165, 1.54) is 0 Å². The third-order valence-electron chi connectivity index (χ3n) is 2.81. The van der Waals surface area contributed by atoms with E-state index in [0.29, 0.717) is 6.54 Å². The molecule has 0 atom stereocenters. The van der Waals surface area contributed by atoms with Crippen molar-refractivity contribution >= 4 is 41.3 Å². The van der Waals surface area contributed by atoms with Crippen molar-refractivity contribution < 1.29 is 0 Å². The van der Waals surface area contributed by atoms with E-state index in [-0.39, 0.29) is 24.0 Å². The summed E-state index contributed by atoms with van der Waals surface area (Å²) in [6, 6.07) is 5.86. The minimum absolute atomic E-state index is 0. The summed E-state index contributed by atoms with van der Waals surface area (Å²) in [7, 11) is 0. The average Bonchev–Trinajstić information content (AvgIpc) is 2.91. The summed E-state index contributed by atoms with van der Waals surface area (Å²) in [4.78, 5) is 13.3. The zero-order valence-corrected chi connectivity index (χ0v) is 16.0. The highest BCUT2D eigenvalue weighted by atomic mass is 127. The van der Waals surface area contributed by atoms with Gasteiger partial charge in [-0.25, -0.2) is 9.98 Å². The lowest BCUT2D eigenvalue weighted by atomic mass is 10.3. The summed E-state index contributed by atoms with van der Waals surface area (Å²) in [6.07, 6.45) is 2.69. The highest BCUT2D eigenvalue weighted by Crippen LogP contribution is 2.07. The Balaban J connectivity index is 0.00000242. The van der Waals surface area contributed by atoms with Crippen molar-refractivity contribution in [2.75, 3.05) is 13.1 Å². The highest BCUT2D eigenvalue weighted by molar-refractivity contribution is 14.0. The van der Waals surface area contributed by atoms with Crippen molar-refractivity contribution in [3.05, 3.63) is 46.2 Å². The molecule has 22 heavy (non-hydrogen) atoms. The minimum atomic E-state index is 0. The highest BCUT2D eigenvalue weighted by Gasteiger charge is 2.00. The Bertz CT molecular complexity index is 570. The van der Waals surface area contributed by atoms with Crippen LogP contribution in [0.1, 0.15) is 23.3 Å². The Morgan fingerprint density at radius 1 is 1.27 bits per heavy atom. The number of halogens is 1. The minimum Gasteiger partial charge on any atom is -0.357 e. The van der Waals surface area contributed by atoms with Crippen LogP contribution in [0.15, 0.2) is 34.8 Å². The summed E-state index contributed by atoms with van der Waals surface area (Å²) in [6.45, 7) is 6.31. The SMILES string of the molecule is CCNC(=NCc1ccccn1)NCCc1csc(C)n1.I. The van der Waals surface area contributed by atoms with Crippen LogP contribution in [0.4, 0.5) is 0 Å². The molecule has 0 aliphatic carbocycles. The van der Waals surface area contributed by atoms with Gasteiger partial charge in [-0.05, 0) is 26.0 Å². The molecule has 0 saturated heterocycles. The molecule has 0 radical (unpaired) electrons. The first-order valence-electron chi connectivity index (χ1n) is 7.11. The molecule has 2 aromatic rings. The quantitative estimate of drug-likeness (QED) is 0.420. The van der Waals surface area contributed by atoms with Gasteiger partial charge in [0.15, 0.2) is 5.96 Å². The molecule has 0 saturated carbocycles. The van der Waals surface area contributed by atoms with Gasteiger partial charge in [0.05, 0.1) is 22.9 Å². The van der Waals surface area contributed by atoms with Gasteiger partial charge in [0.1, 0.15) is 0 Å². The van der Waals surface area contributed by atoms with E-state index in [0.717, 1.165) is 41.9 Å². The zero-order chi connectivity index (χ0) is 14.9. The molecule has 0 bridgehead atoms. The number of hydrogen-bond donors (Lipinski definition) is 2.